The normalized spacial score (nSPS) is 16.0. The van der Waals surface area contributed by atoms with Crippen LogP contribution < -0.4 is 10.1 Å². The highest BCUT2D eigenvalue weighted by Gasteiger charge is 2.44. The van der Waals surface area contributed by atoms with Gasteiger partial charge in [0, 0.05) is 12.0 Å². The van der Waals surface area contributed by atoms with Crippen molar-refractivity contribution in [3.05, 3.63) is 106 Å². The van der Waals surface area contributed by atoms with E-state index in [1.807, 2.05) is 30.3 Å². The number of imidazole rings is 1. The van der Waals surface area contributed by atoms with Crippen LogP contribution >= 0.6 is 15.9 Å². The number of nitrogens with zero attached hydrogens (tertiary/aromatic N) is 2. The number of carbonyl (C=O) groups excluding carboxylic acids is 2. The first-order valence-electron chi connectivity index (χ1n) is 12.0. The van der Waals surface area contributed by atoms with Gasteiger partial charge < -0.3 is 20.1 Å². The van der Waals surface area contributed by atoms with E-state index in [2.05, 4.69) is 31.2 Å². The molecule has 10 heteroatoms. The molecule has 38 heavy (non-hydrogen) atoms. The van der Waals surface area contributed by atoms with Gasteiger partial charge in [0.05, 0.1) is 23.0 Å². The number of nitrogens with one attached hydrogen (secondary N) is 2. The van der Waals surface area contributed by atoms with Gasteiger partial charge in [-0.05, 0) is 51.3 Å². The predicted molar refractivity (Wildman–Crippen MR) is 142 cm³/mol. The standard InChI is InChI=1S/C28H24BrFN4O4/c29-21-11-8-19(15-22(21)30)23-16-31-26(32-23)24(14-17-4-2-1-3-5-17)34-27(36)25(33-28(34)37)18-6-9-20(10-7-18)38-13-12-35/h1-11,15-16,24-25,35H,12-14H2,(H,31,32)(H,33,37)/t24-,25?/m0/s1. The third-order valence-corrected chi connectivity index (χ3v) is 6.91. The molecule has 0 bridgehead atoms. The molecule has 5 rings (SSSR count). The third kappa shape index (κ3) is 5.32. The Balaban J connectivity index is 1.45. The summed E-state index contributed by atoms with van der Waals surface area (Å²) in [5, 5.41) is 11.7. The molecule has 4 aromatic rings. The molecule has 194 valence electrons. The fourth-order valence-electron chi connectivity index (χ4n) is 4.40. The summed E-state index contributed by atoms with van der Waals surface area (Å²) in [5.74, 6) is 0.131. The topological polar surface area (TPSA) is 108 Å². The van der Waals surface area contributed by atoms with Crippen molar-refractivity contribution in [2.24, 2.45) is 0 Å². The molecule has 0 radical (unpaired) electrons. The summed E-state index contributed by atoms with van der Waals surface area (Å²) < 4.78 is 19.9. The Kier molecular flexibility index (Phi) is 7.52. The molecular weight excluding hydrogens is 555 g/mol. The smallest absolute Gasteiger partial charge is 0.325 e. The van der Waals surface area contributed by atoms with Crippen LogP contribution in [0.4, 0.5) is 9.18 Å². The molecule has 1 aliphatic rings. The highest BCUT2D eigenvalue weighted by atomic mass is 79.9. The van der Waals surface area contributed by atoms with E-state index in [9.17, 15) is 14.0 Å². The van der Waals surface area contributed by atoms with Crippen molar-refractivity contribution < 1.29 is 23.8 Å². The number of amides is 3. The maximum atomic E-state index is 14.2. The number of urea groups is 1. The lowest BCUT2D eigenvalue weighted by atomic mass is 10.0. The minimum atomic E-state index is -0.873. The molecule has 8 nitrogen and oxygen atoms in total. The molecule has 0 saturated carbocycles. The van der Waals surface area contributed by atoms with Crippen molar-refractivity contribution in [2.75, 3.05) is 13.2 Å². The number of ether oxygens (including phenoxy) is 1. The zero-order valence-corrected chi connectivity index (χ0v) is 21.7. The number of aliphatic hydroxyl groups is 1. The van der Waals surface area contributed by atoms with Crippen LogP contribution in [0.5, 0.6) is 5.75 Å². The summed E-state index contributed by atoms with van der Waals surface area (Å²) in [5.41, 5.74) is 2.67. The van der Waals surface area contributed by atoms with Crippen molar-refractivity contribution in [3.63, 3.8) is 0 Å². The lowest BCUT2D eigenvalue weighted by Crippen LogP contribution is -2.36. The first-order chi connectivity index (χ1) is 18.4. The molecule has 1 aliphatic heterocycles. The number of hydrogen-bond donors (Lipinski definition) is 3. The van der Waals surface area contributed by atoms with Gasteiger partial charge in [0.15, 0.2) is 0 Å². The van der Waals surface area contributed by atoms with Gasteiger partial charge in [-0.1, -0.05) is 48.5 Å². The lowest BCUT2D eigenvalue weighted by Gasteiger charge is -2.24. The average molecular weight is 579 g/mol. The van der Waals surface area contributed by atoms with Gasteiger partial charge in [-0.15, -0.1) is 0 Å². The zero-order valence-electron chi connectivity index (χ0n) is 20.1. The molecule has 0 spiro atoms. The SMILES string of the molecule is O=C1NC(c2ccc(OCCO)cc2)C(=O)N1[C@@H](Cc1ccccc1)c1ncc(-c2ccc(Br)c(F)c2)[nH]1. The third-order valence-electron chi connectivity index (χ3n) is 6.27. The summed E-state index contributed by atoms with van der Waals surface area (Å²) in [6.07, 6.45) is 1.90. The van der Waals surface area contributed by atoms with E-state index in [-0.39, 0.29) is 13.2 Å². The molecule has 2 atom stereocenters. The highest BCUT2D eigenvalue weighted by molar-refractivity contribution is 9.10. The fourth-order valence-corrected chi connectivity index (χ4v) is 4.65. The molecular formula is C28H24BrFN4O4. The van der Waals surface area contributed by atoms with E-state index in [1.54, 1.807) is 42.6 Å². The van der Waals surface area contributed by atoms with Crippen molar-refractivity contribution >= 4 is 27.9 Å². The van der Waals surface area contributed by atoms with E-state index in [1.165, 1.54) is 11.0 Å². The number of benzene rings is 3. The monoisotopic (exact) mass is 578 g/mol. The van der Waals surface area contributed by atoms with Gasteiger partial charge >= 0.3 is 6.03 Å². The lowest BCUT2D eigenvalue weighted by molar-refractivity contribution is -0.129. The summed E-state index contributed by atoms with van der Waals surface area (Å²) in [6.45, 7) is 0.0490. The van der Waals surface area contributed by atoms with Crippen molar-refractivity contribution in [1.82, 2.24) is 20.2 Å². The van der Waals surface area contributed by atoms with Gasteiger partial charge in [-0.25, -0.2) is 14.2 Å². The van der Waals surface area contributed by atoms with Crippen molar-refractivity contribution in [2.45, 2.75) is 18.5 Å². The number of rotatable bonds is 9. The summed E-state index contributed by atoms with van der Waals surface area (Å²) in [4.78, 5) is 35.7. The molecule has 1 unspecified atom stereocenters. The molecule has 0 aliphatic carbocycles. The maximum Gasteiger partial charge on any atom is 0.325 e. The first-order valence-corrected chi connectivity index (χ1v) is 12.8. The molecule has 1 fully saturated rings. The second-order valence-corrected chi connectivity index (χ2v) is 9.60. The van der Waals surface area contributed by atoms with Crippen LogP contribution in [0.3, 0.4) is 0 Å². The second kappa shape index (κ2) is 11.2. The summed E-state index contributed by atoms with van der Waals surface area (Å²) >= 11 is 3.16. The van der Waals surface area contributed by atoms with Crippen LogP contribution in [0, 0.1) is 5.82 Å². The molecule has 3 amide bonds. The van der Waals surface area contributed by atoms with E-state index in [0.29, 0.717) is 39.3 Å². The molecule has 1 saturated heterocycles. The fraction of sp³-hybridized carbons (Fsp3) is 0.179. The van der Waals surface area contributed by atoms with Crippen LogP contribution in [0.1, 0.15) is 29.0 Å². The van der Waals surface area contributed by atoms with Crippen molar-refractivity contribution in [3.8, 4) is 17.0 Å². The second-order valence-electron chi connectivity index (χ2n) is 8.75. The minimum Gasteiger partial charge on any atom is -0.491 e. The van der Waals surface area contributed by atoms with Crippen molar-refractivity contribution in [1.29, 1.82) is 0 Å². The quantitative estimate of drug-likeness (QED) is 0.244. The number of hydrogen-bond acceptors (Lipinski definition) is 5. The van der Waals surface area contributed by atoms with Gasteiger partial charge in [0.2, 0.25) is 0 Å². The first kappa shape index (κ1) is 25.6. The zero-order chi connectivity index (χ0) is 26.6. The average Bonchev–Trinajstić information content (AvgIpc) is 3.53. The maximum absolute atomic E-state index is 14.2. The molecule has 3 N–H and O–H groups in total. The van der Waals surface area contributed by atoms with E-state index in [0.717, 1.165) is 5.56 Å². The van der Waals surface area contributed by atoms with E-state index < -0.39 is 29.8 Å². The minimum absolute atomic E-state index is 0.109. The number of aliphatic hydroxyl groups excluding tert-OH is 1. The van der Waals surface area contributed by atoms with Crippen LogP contribution in [0.2, 0.25) is 0 Å². The predicted octanol–water partition coefficient (Wildman–Crippen LogP) is 4.93. The number of carbonyl (C=O) groups is 2. The summed E-state index contributed by atoms with van der Waals surface area (Å²) in [6, 6.07) is 18.9. The van der Waals surface area contributed by atoms with Crippen LogP contribution in [-0.4, -0.2) is 45.1 Å². The number of aromatic amines is 1. The van der Waals surface area contributed by atoms with Crippen LogP contribution in [0.25, 0.3) is 11.3 Å². The Morgan fingerprint density at radius 1 is 1.08 bits per heavy atom. The van der Waals surface area contributed by atoms with Crippen LogP contribution in [-0.2, 0) is 11.2 Å². The molecule has 1 aromatic heterocycles. The largest absolute Gasteiger partial charge is 0.491 e. The Hall–Kier alpha value is -4.02. The van der Waals surface area contributed by atoms with E-state index >= 15 is 0 Å². The summed E-state index contributed by atoms with van der Waals surface area (Å²) in [7, 11) is 0. The number of H-pyrrole nitrogens is 1. The number of halogens is 2. The van der Waals surface area contributed by atoms with Gasteiger partial charge in [-0.2, -0.15) is 0 Å². The van der Waals surface area contributed by atoms with E-state index in [4.69, 9.17) is 9.84 Å². The Bertz CT molecular complexity index is 1450. The number of imide groups is 1. The Morgan fingerprint density at radius 3 is 2.55 bits per heavy atom. The molecule has 3 aromatic carbocycles. The Morgan fingerprint density at radius 2 is 1.84 bits per heavy atom. The highest BCUT2D eigenvalue weighted by Crippen LogP contribution is 2.33. The van der Waals surface area contributed by atoms with Gasteiger partial charge in [-0.3, -0.25) is 9.69 Å². The van der Waals surface area contributed by atoms with Crippen LogP contribution in [0.15, 0.2) is 83.5 Å². The van der Waals surface area contributed by atoms with Gasteiger partial charge in [0.25, 0.3) is 5.91 Å². The molecule has 2 heterocycles. The Labute approximate surface area is 226 Å². The number of aromatic nitrogens is 2. The van der Waals surface area contributed by atoms with Gasteiger partial charge in [0.1, 0.15) is 36.1 Å².